The van der Waals surface area contributed by atoms with Gasteiger partial charge in [0.05, 0.1) is 33.5 Å². The molecule has 0 N–H and O–H groups in total. The number of hydrogen-bond donors (Lipinski definition) is 0. The van der Waals surface area contributed by atoms with Crippen LogP contribution in [0.1, 0.15) is 0 Å². The van der Waals surface area contributed by atoms with Crippen molar-refractivity contribution in [1.29, 1.82) is 0 Å². The highest BCUT2D eigenvalue weighted by molar-refractivity contribution is 6.09. The molecule has 0 amide bonds. The van der Waals surface area contributed by atoms with E-state index < -0.39 is 0 Å². The van der Waals surface area contributed by atoms with E-state index in [1.54, 1.807) is 0 Å². The van der Waals surface area contributed by atoms with Gasteiger partial charge >= 0.3 is 0 Å². The highest BCUT2D eigenvalue weighted by Gasteiger charge is 2.19. The quantitative estimate of drug-likeness (QED) is 0.154. The number of para-hydroxylation sites is 4. The maximum atomic E-state index is 5.52. The van der Waals surface area contributed by atoms with E-state index in [0.717, 1.165) is 73.0 Å². The molecule has 0 saturated carbocycles. The third-order valence-corrected chi connectivity index (χ3v) is 11.4. The Morgan fingerprint density at radius 1 is 0.317 bits per heavy atom. The largest absolute Gasteiger partial charge is 0.311 e. The zero-order valence-corrected chi connectivity index (χ0v) is 32.7. The van der Waals surface area contributed by atoms with E-state index >= 15 is 0 Å². The minimum Gasteiger partial charge on any atom is -0.311 e. The lowest BCUT2D eigenvalue weighted by Gasteiger charge is -2.26. The first-order valence-corrected chi connectivity index (χ1v) is 20.3. The molecule has 0 aliphatic carbocycles. The highest BCUT2D eigenvalue weighted by Crippen LogP contribution is 2.41. The highest BCUT2D eigenvalue weighted by atomic mass is 15.1. The third-order valence-electron chi connectivity index (χ3n) is 11.4. The predicted octanol–water partition coefficient (Wildman–Crippen LogP) is 14.9. The molecular weight excluding hydrogens is 729 g/mol. The molecule has 11 rings (SSSR count). The van der Waals surface area contributed by atoms with Gasteiger partial charge < -0.3 is 9.47 Å². The van der Waals surface area contributed by atoms with Crippen molar-refractivity contribution in [3.63, 3.8) is 0 Å². The molecule has 0 atom stereocenters. The summed E-state index contributed by atoms with van der Waals surface area (Å²) in [5, 5.41) is 2.51. The fraction of sp³-hybridized carbons (Fsp3) is 0. The molecule has 0 unspecified atom stereocenters. The Morgan fingerprint density at radius 2 is 0.783 bits per heavy atom. The number of benzene rings is 9. The molecule has 9 aromatic carbocycles. The Balaban J connectivity index is 1.03. The Morgan fingerprint density at radius 3 is 1.43 bits per heavy atom. The van der Waals surface area contributed by atoms with Crippen LogP contribution in [0.2, 0.25) is 0 Å². The van der Waals surface area contributed by atoms with Gasteiger partial charge in [0.15, 0.2) is 0 Å². The van der Waals surface area contributed by atoms with Crippen molar-refractivity contribution in [1.82, 2.24) is 14.5 Å². The summed E-state index contributed by atoms with van der Waals surface area (Å²) in [6.07, 6.45) is 0. The van der Waals surface area contributed by atoms with E-state index in [-0.39, 0.29) is 0 Å². The average molecular weight is 767 g/mol. The summed E-state index contributed by atoms with van der Waals surface area (Å²) in [5.41, 5.74) is 16.6. The van der Waals surface area contributed by atoms with Crippen molar-refractivity contribution >= 4 is 49.9 Å². The molecule has 0 radical (unpaired) electrons. The Labute approximate surface area is 348 Å². The normalized spacial score (nSPS) is 11.3. The van der Waals surface area contributed by atoms with E-state index in [1.807, 2.05) is 6.07 Å². The van der Waals surface area contributed by atoms with Gasteiger partial charge in [0, 0.05) is 50.2 Å². The summed E-state index contributed by atoms with van der Waals surface area (Å²) in [6.45, 7) is 0. The molecule has 11 aromatic rings. The van der Waals surface area contributed by atoms with Crippen molar-refractivity contribution in [2.24, 2.45) is 0 Å². The molecule has 0 aliphatic rings. The van der Waals surface area contributed by atoms with Gasteiger partial charge in [0.1, 0.15) is 0 Å². The maximum Gasteiger partial charge on any atom is 0.0973 e. The van der Waals surface area contributed by atoms with Gasteiger partial charge in [-0.05, 0) is 83.4 Å². The summed E-state index contributed by atoms with van der Waals surface area (Å²) >= 11 is 0. The molecular formula is C56H38N4. The lowest BCUT2D eigenvalue weighted by atomic mass is 9.93. The van der Waals surface area contributed by atoms with Crippen LogP contribution in [0.4, 0.5) is 17.1 Å². The van der Waals surface area contributed by atoms with E-state index in [2.05, 4.69) is 234 Å². The molecule has 2 heterocycles. The van der Waals surface area contributed by atoms with E-state index in [0.29, 0.717) is 0 Å². The third kappa shape index (κ3) is 6.19. The monoisotopic (exact) mass is 766 g/mol. The van der Waals surface area contributed by atoms with Crippen LogP contribution in [-0.4, -0.2) is 14.5 Å². The SMILES string of the molecule is c1ccc(-c2ccccc2-c2cccc3nc(-c4ccccc4)c(-c4ccc(N(c5ccccc5)c5ccc(-n6c7ccccc7c7ccccc76)cc5)cc4)nc23)cc1. The smallest absolute Gasteiger partial charge is 0.0973 e. The Hall–Kier alpha value is -8.08. The van der Waals surface area contributed by atoms with Crippen LogP contribution < -0.4 is 4.90 Å². The van der Waals surface area contributed by atoms with Crippen LogP contribution in [0.5, 0.6) is 0 Å². The summed E-state index contributed by atoms with van der Waals surface area (Å²) in [6, 6.07) is 81.3. The summed E-state index contributed by atoms with van der Waals surface area (Å²) in [4.78, 5) is 13.2. The van der Waals surface area contributed by atoms with Crippen molar-refractivity contribution in [2.75, 3.05) is 4.90 Å². The van der Waals surface area contributed by atoms with Gasteiger partial charge in [-0.3, -0.25) is 0 Å². The molecule has 4 nitrogen and oxygen atoms in total. The standard InChI is InChI=1S/C56H38N4/c1-4-17-39(18-5-1)46-23-10-11-24-47(46)50-27-16-28-51-56(50)58-55(54(57-51)40-19-6-2-7-20-40)41-31-33-43(34-32-41)59(42-21-8-3-9-22-42)44-35-37-45(38-36-44)60-52-29-14-12-25-48(52)49-26-13-15-30-53(49)60/h1-38H. The van der Waals surface area contributed by atoms with Crippen LogP contribution in [0, 0.1) is 0 Å². The number of hydrogen-bond acceptors (Lipinski definition) is 3. The predicted molar refractivity (Wildman–Crippen MR) is 250 cm³/mol. The van der Waals surface area contributed by atoms with Crippen LogP contribution in [-0.2, 0) is 0 Å². The van der Waals surface area contributed by atoms with Gasteiger partial charge in [-0.25, -0.2) is 9.97 Å². The van der Waals surface area contributed by atoms with Gasteiger partial charge in [-0.2, -0.15) is 0 Å². The molecule has 60 heavy (non-hydrogen) atoms. The molecule has 4 heteroatoms. The second kappa shape index (κ2) is 15.0. The number of aromatic nitrogens is 3. The molecule has 0 bridgehead atoms. The van der Waals surface area contributed by atoms with Crippen molar-refractivity contribution in [3.8, 4) is 50.5 Å². The summed E-state index contributed by atoms with van der Waals surface area (Å²) < 4.78 is 2.36. The van der Waals surface area contributed by atoms with Crippen molar-refractivity contribution in [2.45, 2.75) is 0 Å². The van der Waals surface area contributed by atoms with Crippen molar-refractivity contribution < 1.29 is 0 Å². The fourth-order valence-electron chi connectivity index (χ4n) is 8.62. The van der Waals surface area contributed by atoms with E-state index in [1.165, 1.54) is 27.4 Å². The molecule has 0 fully saturated rings. The van der Waals surface area contributed by atoms with Gasteiger partial charge in [0.2, 0.25) is 0 Å². The van der Waals surface area contributed by atoms with E-state index in [4.69, 9.17) is 9.97 Å². The summed E-state index contributed by atoms with van der Waals surface area (Å²) in [7, 11) is 0. The van der Waals surface area contributed by atoms with Crippen LogP contribution in [0.15, 0.2) is 231 Å². The Bertz CT molecular complexity index is 3230. The number of rotatable bonds is 8. The first-order chi connectivity index (χ1) is 29.8. The van der Waals surface area contributed by atoms with Gasteiger partial charge in [-0.1, -0.05) is 164 Å². The van der Waals surface area contributed by atoms with Gasteiger partial charge in [0.25, 0.3) is 0 Å². The zero-order valence-electron chi connectivity index (χ0n) is 32.7. The average Bonchev–Trinajstić information content (AvgIpc) is 3.67. The topological polar surface area (TPSA) is 34.0 Å². The molecule has 2 aromatic heterocycles. The lowest BCUT2D eigenvalue weighted by Crippen LogP contribution is -2.10. The molecule has 0 aliphatic heterocycles. The summed E-state index contributed by atoms with van der Waals surface area (Å²) in [5.74, 6) is 0. The number of anilines is 3. The molecule has 0 spiro atoms. The second-order valence-corrected chi connectivity index (χ2v) is 15.0. The number of fused-ring (bicyclic) bond motifs is 4. The van der Waals surface area contributed by atoms with Crippen LogP contribution in [0.3, 0.4) is 0 Å². The lowest BCUT2D eigenvalue weighted by molar-refractivity contribution is 1.17. The first-order valence-electron chi connectivity index (χ1n) is 20.3. The van der Waals surface area contributed by atoms with Gasteiger partial charge in [-0.15, -0.1) is 0 Å². The Kier molecular flexibility index (Phi) is 8.79. The number of nitrogens with zero attached hydrogens (tertiary/aromatic N) is 4. The van der Waals surface area contributed by atoms with Crippen LogP contribution >= 0.6 is 0 Å². The van der Waals surface area contributed by atoms with Crippen molar-refractivity contribution in [3.05, 3.63) is 231 Å². The fourth-order valence-corrected chi connectivity index (χ4v) is 8.62. The molecule has 0 saturated heterocycles. The zero-order chi connectivity index (χ0) is 39.8. The minimum atomic E-state index is 0.840. The second-order valence-electron chi connectivity index (χ2n) is 15.0. The minimum absolute atomic E-state index is 0.840. The van der Waals surface area contributed by atoms with E-state index in [9.17, 15) is 0 Å². The first kappa shape index (κ1) is 35.1. The van der Waals surface area contributed by atoms with Crippen LogP contribution in [0.25, 0.3) is 83.3 Å². The molecule has 282 valence electrons. The maximum absolute atomic E-state index is 5.52.